The maximum Gasteiger partial charge on any atom is 0.252 e. The van der Waals surface area contributed by atoms with E-state index in [0.717, 1.165) is 37.1 Å². The SMILES string of the molecule is Cc1ccc(C(N)=O)c(OC2CCNCC2)c1C. The number of ether oxygens (including phenoxy) is 1. The molecule has 4 heteroatoms. The predicted molar refractivity (Wildman–Crippen MR) is 71.0 cm³/mol. The second-order valence-electron chi connectivity index (χ2n) is 4.82. The zero-order valence-electron chi connectivity index (χ0n) is 11.0. The fourth-order valence-corrected chi connectivity index (χ4v) is 2.22. The second kappa shape index (κ2) is 5.40. The van der Waals surface area contributed by atoms with E-state index in [4.69, 9.17) is 10.5 Å². The van der Waals surface area contributed by atoms with Crippen molar-refractivity contribution in [2.24, 2.45) is 5.73 Å². The van der Waals surface area contributed by atoms with Crippen LogP contribution in [0.2, 0.25) is 0 Å². The summed E-state index contributed by atoms with van der Waals surface area (Å²) in [6, 6.07) is 3.66. The van der Waals surface area contributed by atoms with E-state index in [1.165, 1.54) is 0 Å². The Labute approximate surface area is 108 Å². The van der Waals surface area contributed by atoms with Crippen molar-refractivity contribution in [3.8, 4) is 5.75 Å². The summed E-state index contributed by atoms with van der Waals surface area (Å²) in [5, 5.41) is 3.29. The predicted octanol–water partition coefficient (Wildman–Crippen LogP) is 1.53. The molecule has 1 heterocycles. The van der Waals surface area contributed by atoms with E-state index in [9.17, 15) is 4.79 Å². The summed E-state index contributed by atoms with van der Waals surface area (Å²) in [6.45, 7) is 5.90. The first kappa shape index (κ1) is 12.9. The highest BCUT2D eigenvalue weighted by atomic mass is 16.5. The monoisotopic (exact) mass is 248 g/mol. The molecule has 0 radical (unpaired) electrons. The Hall–Kier alpha value is -1.55. The lowest BCUT2D eigenvalue weighted by atomic mass is 10.0. The highest BCUT2D eigenvalue weighted by Gasteiger charge is 2.20. The zero-order chi connectivity index (χ0) is 13.1. The van der Waals surface area contributed by atoms with Crippen molar-refractivity contribution >= 4 is 5.91 Å². The van der Waals surface area contributed by atoms with Gasteiger partial charge in [0.15, 0.2) is 0 Å². The fraction of sp³-hybridized carbons (Fsp3) is 0.500. The maximum atomic E-state index is 11.5. The Morgan fingerprint density at radius 3 is 2.61 bits per heavy atom. The summed E-state index contributed by atoms with van der Waals surface area (Å²) in [5.41, 5.74) is 8.01. The zero-order valence-corrected chi connectivity index (χ0v) is 11.0. The van der Waals surface area contributed by atoms with Crippen LogP contribution in [0.15, 0.2) is 12.1 Å². The van der Waals surface area contributed by atoms with Crippen LogP contribution in [0, 0.1) is 13.8 Å². The molecule has 1 amide bonds. The van der Waals surface area contributed by atoms with Gasteiger partial charge in [0.1, 0.15) is 11.9 Å². The Morgan fingerprint density at radius 2 is 2.00 bits per heavy atom. The summed E-state index contributed by atoms with van der Waals surface area (Å²) in [6.07, 6.45) is 2.10. The molecule has 0 aliphatic carbocycles. The standard InChI is InChI=1S/C14H20N2O2/c1-9-3-4-12(14(15)17)13(10(9)2)18-11-5-7-16-8-6-11/h3-4,11,16H,5-8H2,1-2H3,(H2,15,17). The van der Waals surface area contributed by atoms with E-state index in [0.29, 0.717) is 11.3 Å². The number of amides is 1. The van der Waals surface area contributed by atoms with Gasteiger partial charge in [-0.2, -0.15) is 0 Å². The lowest BCUT2D eigenvalue weighted by molar-refractivity contribution is 0.0989. The number of primary amides is 1. The molecule has 1 aliphatic rings. The van der Waals surface area contributed by atoms with Crippen molar-refractivity contribution < 1.29 is 9.53 Å². The van der Waals surface area contributed by atoms with E-state index in [2.05, 4.69) is 5.32 Å². The third-order valence-corrected chi connectivity index (χ3v) is 3.51. The maximum absolute atomic E-state index is 11.5. The Morgan fingerprint density at radius 1 is 1.33 bits per heavy atom. The molecule has 18 heavy (non-hydrogen) atoms. The van der Waals surface area contributed by atoms with Crippen LogP contribution >= 0.6 is 0 Å². The number of hydrogen-bond acceptors (Lipinski definition) is 3. The third-order valence-electron chi connectivity index (χ3n) is 3.51. The molecule has 0 unspecified atom stereocenters. The van der Waals surface area contributed by atoms with Gasteiger partial charge in [-0.3, -0.25) is 4.79 Å². The van der Waals surface area contributed by atoms with Crippen molar-refractivity contribution in [3.63, 3.8) is 0 Å². The van der Waals surface area contributed by atoms with Gasteiger partial charge in [-0.1, -0.05) is 6.07 Å². The van der Waals surface area contributed by atoms with Crippen molar-refractivity contribution in [2.45, 2.75) is 32.8 Å². The normalized spacial score (nSPS) is 16.6. The molecule has 1 aromatic carbocycles. The van der Waals surface area contributed by atoms with Crippen LogP contribution in [0.1, 0.15) is 34.3 Å². The van der Waals surface area contributed by atoms with Gasteiger partial charge in [0, 0.05) is 0 Å². The number of carbonyl (C=O) groups excluding carboxylic acids is 1. The molecule has 1 aliphatic heterocycles. The third kappa shape index (κ3) is 2.64. The van der Waals surface area contributed by atoms with Crippen LogP contribution in [-0.2, 0) is 0 Å². The highest BCUT2D eigenvalue weighted by Crippen LogP contribution is 2.28. The van der Waals surface area contributed by atoms with Crippen molar-refractivity contribution in [3.05, 3.63) is 28.8 Å². The van der Waals surface area contributed by atoms with Gasteiger partial charge in [0.05, 0.1) is 5.56 Å². The van der Waals surface area contributed by atoms with Crippen LogP contribution in [0.4, 0.5) is 0 Å². The number of benzene rings is 1. The molecular formula is C14H20N2O2. The van der Waals surface area contributed by atoms with E-state index in [1.54, 1.807) is 6.07 Å². The van der Waals surface area contributed by atoms with Gasteiger partial charge in [0.2, 0.25) is 0 Å². The molecule has 4 nitrogen and oxygen atoms in total. The lowest BCUT2D eigenvalue weighted by Crippen LogP contribution is -2.34. The number of hydrogen-bond donors (Lipinski definition) is 2. The molecule has 3 N–H and O–H groups in total. The lowest BCUT2D eigenvalue weighted by Gasteiger charge is -2.26. The first-order valence-corrected chi connectivity index (χ1v) is 6.37. The van der Waals surface area contributed by atoms with Gasteiger partial charge >= 0.3 is 0 Å². The topological polar surface area (TPSA) is 64.4 Å². The van der Waals surface area contributed by atoms with Crippen LogP contribution in [0.25, 0.3) is 0 Å². The smallest absolute Gasteiger partial charge is 0.252 e. The number of nitrogens with one attached hydrogen (secondary N) is 1. The molecule has 1 saturated heterocycles. The highest BCUT2D eigenvalue weighted by molar-refractivity contribution is 5.96. The fourth-order valence-electron chi connectivity index (χ4n) is 2.22. The second-order valence-corrected chi connectivity index (χ2v) is 4.82. The summed E-state index contributed by atoms with van der Waals surface area (Å²) in [7, 11) is 0. The molecule has 1 aromatic rings. The molecule has 98 valence electrons. The summed E-state index contributed by atoms with van der Waals surface area (Å²) < 4.78 is 6.02. The van der Waals surface area contributed by atoms with Crippen molar-refractivity contribution in [1.29, 1.82) is 0 Å². The Bertz CT molecular complexity index is 451. The number of piperidine rings is 1. The first-order chi connectivity index (χ1) is 8.59. The summed E-state index contributed by atoms with van der Waals surface area (Å²) in [5.74, 6) is 0.233. The minimum atomic E-state index is -0.429. The van der Waals surface area contributed by atoms with E-state index in [1.807, 2.05) is 19.9 Å². The van der Waals surface area contributed by atoms with Crippen molar-refractivity contribution in [1.82, 2.24) is 5.32 Å². The minimum absolute atomic E-state index is 0.171. The largest absolute Gasteiger partial charge is 0.489 e. The Balaban J connectivity index is 2.29. The van der Waals surface area contributed by atoms with Gasteiger partial charge in [0.25, 0.3) is 5.91 Å². The van der Waals surface area contributed by atoms with Crippen LogP contribution in [-0.4, -0.2) is 25.1 Å². The van der Waals surface area contributed by atoms with Gasteiger partial charge in [-0.05, 0) is 57.0 Å². The van der Waals surface area contributed by atoms with E-state index >= 15 is 0 Å². The molecule has 0 saturated carbocycles. The Kier molecular flexibility index (Phi) is 3.87. The van der Waals surface area contributed by atoms with Crippen LogP contribution < -0.4 is 15.8 Å². The average molecular weight is 248 g/mol. The molecule has 2 rings (SSSR count). The number of aryl methyl sites for hydroxylation is 1. The first-order valence-electron chi connectivity index (χ1n) is 6.37. The van der Waals surface area contributed by atoms with Crippen LogP contribution in [0.3, 0.4) is 0 Å². The number of carbonyl (C=O) groups is 1. The van der Waals surface area contributed by atoms with Crippen molar-refractivity contribution in [2.75, 3.05) is 13.1 Å². The number of nitrogens with two attached hydrogens (primary N) is 1. The van der Waals surface area contributed by atoms with Gasteiger partial charge in [-0.15, -0.1) is 0 Å². The molecule has 1 fully saturated rings. The van der Waals surface area contributed by atoms with E-state index in [-0.39, 0.29) is 6.10 Å². The average Bonchev–Trinajstić information content (AvgIpc) is 2.36. The quantitative estimate of drug-likeness (QED) is 0.852. The summed E-state index contributed by atoms with van der Waals surface area (Å²) >= 11 is 0. The molecule has 0 atom stereocenters. The number of rotatable bonds is 3. The van der Waals surface area contributed by atoms with Gasteiger partial charge in [-0.25, -0.2) is 0 Å². The molecular weight excluding hydrogens is 228 g/mol. The van der Waals surface area contributed by atoms with E-state index < -0.39 is 5.91 Å². The molecule has 0 bridgehead atoms. The van der Waals surface area contributed by atoms with Crippen LogP contribution in [0.5, 0.6) is 5.75 Å². The molecule has 0 aromatic heterocycles. The minimum Gasteiger partial charge on any atom is -0.489 e. The molecule has 0 spiro atoms. The summed E-state index contributed by atoms with van der Waals surface area (Å²) in [4.78, 5) is 11.5. The van der Waals surface area contributed by atoms with Gasteiger partial charge < -0.3 is 15.8 Å².